The Morgan fingerprint density at radius 2 is 2.05 bits per heavy atom. The number of halogens is 1. The fraction of sp³-hybridized carbons (Fsp3) is 0.118. The summed E-state index contributed by atoms with van der Waals surface area (Å²) in [6, 6.07) is 17.7. The summed E-state index contributed by atoms with van der Waals surface area (Å²) in [6.45, 7) is 1.32. The molecular weight excluding hydrogens is 328 g/mol. The maximum absolute atomic E-state index is 8.99. The number of hydrogen-bond donors (Lipinski definition) is 0. The second kappa shape index (κ2) is 6.02. The molecule has 0 unspecified atom stereocenters. The lowest BCUT2D eigenvalue weighted by Gasteiger charge is -2.08. The van der Waals surface area contributed by atoms with Gasteiger partial charge in [-0.15, -0.1) is 0 Å². The van der Waals surface area contributed by atoms with Crippen LogP contribution in [0.4, 0.5) is 0 Å². The number of rotatable bonds is 4. The van der Waals surface area contributed by atoms with Crippen LogP contribution in [-0.4, -0.2) is 11.2 Å². The molecule has 0 aliphatic heterocycles. The molecule has 0 aliphatic carbocycles. The van der Waals surface area contributed by atoms with Crippen molar-refractivity contribution in [2.24, 2.45) is 0 Å². The van der Waals surface area contributed by atoms with Crippen LogP contribution in [0.5, 0.6) is 5.75 Å². The number of hydrogen-bond acceptors (Lipinski definition) is 2. The van der Waals surface area contributed by atoms with Gasteiger partial charge in [0.25, 0.3) is 0 Å². The van der Waals surface area contributed by atoms with Gasteiger partial charge in [0.1, 0.15) is 12.4 Å². The first-order valence-electron chi connectivity index (χ1n) is 6.63. The number of benzene rings is 2. The topological polar surface area (TPSA) is 38.0 Å². The van der Waals surface area contributed by atoms with Gasteiger partial charge in [0.15, 0.2) is 0 Å². The lowest BCUT2D eigenvalue weighted by molar-refractivity contribution is 0.300. The minimum atomic E-state index is 0.580. The van der Waals surface area contributed by atoms with Gasteiger partial charge in [-0.2, -0.15) is 5.26 Å². The highest BCUT2D eigenvalue weighted by atomic mass is 79.9. The summed E-state index contributed by atoms with van der Waals surface area (Å²) >= 11 is 3.43. The molecule has 4 heteroatoms. The minimum absolute atomic E-state index is 0.580. The van der Waals surface area contributed by atoms with Crippen LogP contribution in [0.25, 0.3) is 10.9 Å². The lowest BCUT2D eigenvalue weighted by Crippen LogP contribution is -2.07. The molecule has 0 saturated carbocycles. The Kier molecular flexibility index (Phi) is 3.94. The maximum atomic E-state index is 8.99. The van der Waals surface area contributed by atoms with Crippen LogP contribution < -0.4 is 4.74 Å². The average Bonchev–Trinajstić information content (AvgIpc) is 2.90. The van der Waals surface area contributed by atoms with E-state index in [1.54, 1.807) is 0 Å². The fourth-order valence-electron chi connectivity index (χ4n) is 2.27. The third-order valence-electron chi connectivity index (χ3n) is 3.30. The summed E-state index contributed by atoms with van der Waals surface area (Å²) in [5, 5.41) is 10.1. The Bertz CT molecular complexity index is 817. The summed E-state index contributed by atoms with van der Waals surface area (Å²) in [5.41, 5.74) is 1.74. The van der Waals surface area contributed by atoms with E-state index in [-0.39, 0.29) is 0 Å². The van der Waals surface area contributed by atoms with Gasteiger partial charge in [0.2, 0.25) is 0 Å². The van der Waals surface area contributed by atoms with Crippen LogP contribution in [0.3, 0.4) is 0 Å². The SMILES string of the molecule is N#Cc1ccc2ccn(CCOc3cccc(Br)c3)c2c1. The molecule has 3 rings (SSSR count). The molecule has 0 radical (unpaired) electrons. The number of nitrogens with zero attached hydrogens (tertiary/aromatic N) is 2. The van der Waals surface area contributed by atoms with Crippen molar-refractivity contribution >= 4 is 26.8 Å². The van der Waals surface area contributed by atoms with Crippen LogP contribution in [0.2, 0.25) is 0 Å². The van der Waals surface area contributed by atoms with E-state index in [9.17, 15) is 0 Å². The Hall–Kier alpha value is -2.25. The smallest absolute Gasteiger partial charge is 0.120 e. The van der Waals surface area contributed by atoms with Gasteiger partial charge >= 0.3 is 0 Å². The van der Waals surface area contributed by atoms with Crippen molar-refractivity contribution in [2.75, 3.05) is 6.61 Å². The normalized spacial score (nSPS) is 10.5. The van der Waals surface area contributed by atoms with Gasteiger partial charge in [-0.3, -0.25) is 0 Å². The Morgan fingerprint density at radius 1 is 1.14 bits per heavy atom. The van der Waals surface area contributed by atoms with Gasteiger partial charge in [-0.05, 0) is 41.8 Å². The first-order valence-corrected chi connectivity index (χ1v) is 7.43. The molecule has 0 atom stereocenters. The number of aromatic nitrogens is 1. The van der Waals surface area contributed by atoms with E-state index in [2.05, 4.69) is 32.6 Å². The third kappa shape index (κ3) is 3.09. The molecule has 2 aromatic carbocycles. The Balaban J connectivity index is 1.72. The molecule has 104 valence electrons. The molecule has 1 aromatic heterocycles. The molecule has 0 amide bonds. The van der Waals surface area contributed by atoms with Crippen molar-refractivity contribution in [3.8, 4) is 11.8 Å². The lowest BCUT2D eigenvalue weighted by atomic mass is 10.2. The zero-order valence-electron chi connectivity index (χ0n) is 11.3. The molecule has 3 nitrogen and oxygen atoms in total. The van der Waals surface area contributed by atoms with Crippen molar-refractivity contribution in [2.45, 2.75) is 6.54 Å². The second-order valence-corrected chi connectivity index (χ2v) is 5.62. The zero-order chi connectivity index (χ0) is 14.7. The molecule has 3 aromatic rings. The van der Waals surface area contributed by atoms with Gasteiger partial charge in [-0.1, -0.05) is 28.1 Å². The highest BCUT2D eigenvalue weighted by Crippen LogP contribution is 2.19. The maximum Gasteiger partial charge on any atom is 0.120 e. The van der Waals surface area contributed by atoms with Crippen molar-refractivity contribution in [3.63, 3.8) is 0 Å². The van der Waals surface area contributed by atoms with E-state index in [1.807, 2.05) is 48.7 Å². The van der Waals surface area contributed by atoms with Gasteiger partial charge in [0.05, 0.1) is 18.2 Å². The fourth-order valence-corrected chi connectivity index (χ4v) is 2.65. The molecule has 21 heavy (non-hydrogen) atoms. The molecule has 1 heterocycles. The van der Waals surface area contributed by atoms with Crippen molar-refractivity contribution in [3.05, 3.63) is 64.8 Å². The zero-order valence-corrected chi connectivity index (χ0v) is 12.9. The molecule has 0 spiro atoms. The standard InChI is InChI=1S/C17H13BrN2O/c18-15-2-1-3-16(11-15)21-9-8-20-7-6-14-5-4-13(12-19)10-17(14)20/h1-7,10-11H,8-9H2. The van der Waals surface area contributed by atoms with Crippen LogP contribution in [0.15, 0.2) is 59.2 Å². The monoisotopic (exact) mass is 340 g/mol. The molecule has 0 fully saturated rings. The average molecular weight is 341 g/mol. The Labute approximate surface area is 131 Å². The van der Waals surface area contributed by atoms with Crippen LogP contribution in [0.1, 0.15) is 5.56 Å². The second-order valence-electron chi connectivity index (χ2n) is 4.70. The number of nitriles is 1. The Morgan fingerprint density at radius 3 is 2.86 bits per heavy atom. The summed E-state index contributed by atoms with van der Waals surface area (Å²) in [7, 11) is 0. The number of ether oxygens (including phenoxy) is 1. The predicted octanol–water partition coefficient (Wildman–Crippen LogP) is 4.35. The molecule has 0 bridgehead atoms. The summed E-state index contributed by atoms with van der Waals surface area (Å²) in [6.07, 6.45) is 2.02. The van der Waals surface area contributed by atoms with E-state index in [1.165, 1.54) is 0 Å². The first-order chi connectivity index (χ1) is 10.3. The van der Waals surface area contributed by atoms with Crippen LogP contribution >= 0.6 is 15.9 Å². The van der Waals surface area contributed by atoms with Crippen molar-refractivity contribution in [1.82, 2.24) is 4.57 Å². The van der Waals surface area contributed by atoms with Gasteiger partial charge in [-0.25, -0.2) is 0 Å². The molecule has 0 N–H and O–H groups in total. The van der Waals surface area contributed by atoms with E-state index < -0.39 is 0 Å². The molecule has 0 aliphatic rings. The molecule has 0 saturated heterocycles. The molecular formula is C17H13BrN2O. The number of fused-ring (bicyclic) bond motifs is 1. The van der Waals surface area contributed by atoms with Gasteiger partial charge in [0, 0.05) is 16.2 Å². The van der Waals surface area contributed by atoms with E-state index in [4.69, 9.17) is 10.00 Å². The third-order valence-corrected chi connectivity index (χ3v) is 3.79. The largest absolute Gasteiger partial charge is 0.492 e. The highest BCUT2D eigenvalue weighted by Gasteiger charge is 2.03. The summed E-state index contributed by atoms with van der Waals surface area (Å²) < 4.78 is 8.86. The van der Waals surface area contributed by atoms with Crippen LogP contribution in [-0.2, 0) is 6.54 Å². The summed E-state index contributed by atoms with van der Waals surface area (Å²) in [5.74, 6) is 0.846. The first kappa shape index (κ1) is 13.7. The van der Waals surface area contributed by atoms with Crippen LogP contribution in [0, 0.1) is 11.3 Å². The summed E-state index contributed by atoms with van der Waals surface area (Å²) in [4.78, 5) is 0. The van der Waals surface area contributed by atoms with Gasteiger partial charge < -0.3 is 9.30 Å². The van der Waals surface area contributed by atoms with E-state index >= 15 is 0 Å². The van der Waals surface area contributed by atoms with Crippen molar-refractivity contribution < 1.29 is 4.74 Å². The van der Waals surface area contributed by atoms with E-state index in [0.29, 0.717) is 12.2 Å². The predicted molar refractivity (Wildman–Crippen MR) is 86.3 cm³/mol. The quantitative estimate of drug-likeness (QED) is 0.707. The highest BCUT2D eigenvalue weighted by molar-refractivity contribution is 9.10. The van der Waals surface area contributed by atoms with Crippen molar-refractivity contribution in [1.29, 1.82) is 5.26 Å². The van der Waals surface area contributed by atoms with E-state index in [0.717, 1.165) is 27.7 Å². The minimum Gasteiger partial charge on any atom is -0.492 e.